The molecule has 1 aliphatic heterocycles. The van der Waals surface area contributed by atoms with Crippen LogP contribution in [-0.4, -0.2) is 27.4 Å². The molecule has 1 fully saturated rings. The number of thioether (sulfide) groups is 1. The lowest BCUT2D eigenvalue weighted by Gasteiger charge is -2.01. The molecule has 2 rings (SSSR count). The Balaban J connectivity index is 1.98. The molecule has 0 aromatic carbocycles. The Morgan fingerprint density at radius 2 is 2.57 bits per heavy atom. The lowest BCUT2D eigenvalue weighted by Crippen LogP contribution is -2.04. The summed E-state index contributed by atoms with van der Waals surface area (Å²) in [5, 5.41) is 3.78. The molecular formula is C9H12N2O2S. The normalized spacial score (nSPS) is 21.4. The monoisotopic (exact) mass is 212 g/mol. The quantitative estimate of drug-likeness (QED) is 0.712. The summed E-state index contributed by atoms with van der Waals surface area (Å²) in [5.41, 5.74) is 0. The summed E-state index contributed by atoms with van der Waals surface area (Å²) in [6.07, 6.45) is 2.05. The molecule has 2 heterocycles. The molecule has 1 aliphatic rings. The predicted octanol–water partition coefficient (Wildman–Crippen LogP) is 1.57. The maximum Gasteiger partial charge on any atom is 0.293 e. The molecule has 0 spiro atoms. The number of carbonyl (C=O) groups excluding carboxylic acids is 1. The van der Waals surface area contributed by atoms with E-state index in [1.54, 1.807) is 0 Å². The van der Waals surface area contributed by atoms with E-state index in [9.17, 15) is 4.79 Å². The highest BCUT2D eigenvalue weighted by molar-refractivity contribution is 7.99. The van der Waals surface area contributed by atoms with Gasteiger partial charge in [-0.05, 0) is 23.8 Å². The van der Waals surface area contributed by atoms with E-state index in [-0.39, 0.29) is 11.7 Å². The van der Waals surface area contributed by atoms with Crippen LogP contribution in [0.1, 0.15) is 29.9 Å². The second-order valence-corrected chi connectivity index (χ2v) is 4.66. The molecule has 1 atom stereocenters. The smallest absolute Gasteiger partial charge is 0.293 e. The molecule has 1 saturated heterocycles. The number of hydrogen-bond acceptors (Lipinski definition) is 5. The van der Waals surface area contributed by atoms with Crippen molar-refractivity contribution < 1.29 is 9.32 Å². The maximum absolute atomic E-state index is 10.9. The van der Waals surface area contributed by atoms with Gasteiger partial charge in [-0.15, -0.1) is 0 Å². The molecule has 0 N–H and O–H groups in total. The number of hydrogen-bond donors (Lipinski definition) is 0. The molecule has 1 unspecified atom stereocenters. The number of aromatic nitrogens is 2. The van der Waals surface area contributed by atoms with Crippen LogP contribution in [0.4, 0.5) is 0 Å². The third-order valence-electron chi connectivity index (χ3n) is 2.26. The van der Waals surface area contributed by atoms with Crippen LogP contribution in [0.2, 0.25) is 0 Å². The lowest BCUT2D eigenvalue weighted by atomic mass is 10.1. The highest BCUT2D eigenvalue weighted by atomic mass is 32.2. The van der Waals surface area contributed by atoms with Gasteiger partial charge >= 0.3 is 0 Å². The summed E-state index contributed by atoms with van der Waals surface area (Å²) in [6.45, 7) is 1.43. The third-order valence-corrected chi connectivity index (χ3v) is 3.50. The molecule has 76 valence electrons. The van der Waals surface area contributed by atoms with Gasteiger partial charge in [-0.25, -0.2) is 0 Å². The van der Waals surface area contributed by atoms with E-state index < -0.39 is 0 Å². The van der Waals surface area contributed by atoms with Crippen molar-refractivity contribution in [3.8, 4) is 0 Å². The summed E-state index contributed by atoms with van der Waals surface area (Å²) in [7, 11) is 0. The fourth-order valence-electron chi connectivity index (χ4n) is 1.48. The van der Waals surface area contributed by atoms with E-state index in [1.165, 1.54) is 24.9 Å². The number of rotatable bonds is 3. The van der Waals surface area contributed by atoms with Crippen molar-refractivity contribution in [3.05, 3.63) is 11.7 Å². The highest BCUT2D eigenvalue weighted by Gasteiger charge is 2.19. The topological polar surface area (TPSA) is 56.0 Å². The Morgan fingerprint density at radius 3 is 3.14 bits per heavy atom. The van der Waals surface area contributed by atoms with Crippen molar-refractivity contribution in [2.24, 2.45) is 5.92 Å². The van der Waals surface area contributed by atoms with Gasteiger partial charge in [0, 0.05) is 13.3 Å². The summed E-state index contributed by atoms with van der Waals surface area (Å²) < 4.78 is 4.82. The first-order valence-corrected chi connectivity index (χ1v) is 5.82. The van der Waals surface area contributed by atoms with Crippen LogP contribution in [-0.2, 0) is 6.42 Å². The largest absolute Gasteiger partial charge is 0.331 e. The van der Waals surface area contributed by atoms with Gasteiger partial charge in [0.2, 0.25) is 5.78 Å². The highest BCUT2D eigenvalue weighted by Crippen LogP contribution is 2.25. The number of carbonyl (C=O) groups is 1. The summed E-state index contributed by atoms with van der Waals surface area (Å²) in [6, 6.07) is 0. The molecule has 0 amide bonds. The van der Waals surface area contributed by atoms with Crippen molar-refractivity contribution in [3.63, 3.8) is 0 Å². The van der Waals surface area contributed by atoms with Crippen LogP contribution in [0.15, 0.2) is 4.52 Å². The van der Waals surface area contributed by atoms with Crippen LogP contribution in [0.5, 0.6) is 0 Å². The first kappa shape index (κ1) is 9.71. The zero-order valence-electron chi connectivity index (χ0n) is 8.02. The van der Waals surface area contributed by atoms with Crippen LogP contribution in [0, 0.1) is 5.92 Å². The molecule has 0 saturated carbocycles. The Kier molecular flexibility index (Phi) is 2.86. The van der Waals surface area contributed by atoms with Crippen molar-refractivity contribution in [1.82, 2.24) is 10.1 Å². The van der Waals surface area contributed by atoms with Gasteiger partial charge in [0.25, 0.3) is 5.89 Å². The minimum Gasteiger partial charge on any atom is -0.331 e. The number of nitrogens with zero attached hydrogens (tertiary/aromatic N) is 2. The SMILES string of the molecule is CC(=O)c1nc(CC2CCSC2)no1. The zero-order chi connectivity index (χ0) is 9.97. The summed E-state index contributed by atoms with van der Waals surface area (Å²) in [5.74, 6) is 3.68. The van der Waals surface area contributed by atoms with Crippen molar-refractivity contribution in [2.75, 3.05) is 11.5 Å². The maximum atomic E-state index is 10.9. The van der Waals surface area contributed by atoms with E-state index in [4.69, 9.17) is 4.52 Å². The van der Waals surface area contributed by atoms with E-state index in [0.717, 1.165) is 6.42 Å². The molecule has 0 aliphatic carbocycles. The van der Waals surface area contributed by atoms with Crippen LogP contribution in [0.3, 0.4) is 0 Å². The second-order valence-electron chi connectivity index (χ2n) is 3.51. The first-order chi connectivity index (χ1) is 6.75. The van der Waals surface area contributed by atoms with Crippen molar-refractivity contribution >= 4 is 17.5 Å². The van der Waals surface area contributed by atoms with Crippen LogP contribution in [0.25, 0.3) is 0 Å². The fraction of sp³-hybridized carbons (Fsp3) is 0.667. The van der Waals surface area contributed by atoms with E-state index >= 15 is 0 Å². The van der Waals surface area contributed by atoms with Crippen molar-refractivity contribution in [2.45, 2.75) is 19.8 Å². The molecule has 0 bridgehead atoms. The molecule has 4 nitrogen and oxygen atoms in total. The average Bonchev–Trinajstić information content (AvgIpc) is 2.75. The Labute approximate surface area is 86.4 Å². The molecule has 1 aromatic rings. The Bertz CT molecular complexity index is 331. The van der Waals surface area contributed by atoms with Crippen LogP contribution < -0.4 is 0 Å². The van der Waals surface area contributed by atoms with E-state index in [0.29, 0.717) is 11.7 Å². The number of Topliss-reactive ketones (excluding diaryl/α,β-unsaturated/α-hetero) is 1. The Hall–Kier alpha value is -0.840. The van der Waals surface area contributed by atoms with Gasteiger partial charge in [-0.1, -0.05) is 5.16 Å². The van der Waals surface area contributed by atoms with Gasteiger partial charge in [0.05, 0.1) is 0 Å². The van der Waals surface area contributed by atoms with Gasteiger partial charge in [-0.2, -0.15) is 16.7 Å². The molecule has 5 heteroatoms. The van der Waals surface area contributed by atoms with Crippen molar-refractivity contribution in [1.29, 1.82) is 0 Å². The third kappa shape index (κ3) is 2.15. The van der Waals surface area contributed by atoms with Gasteiger partial charge in [0.15, 0.2) is 5.82 Å². The second kappa shape index (κ2) is 4.13. The average molecular weight is 212 g/mol. The van der Waals surface area contributed by atoms with E-state index in [1.807, 2.05) is 11.8 Å². The van der Waals surface area contributed by atoms with Gasteiger partial charge in [-0.3, -0.25) is 4.79 Å². The van der Waals surface area contributed by atoms with E-state index in [2.05, 4.69) is 10.1 Å². The lowest BCUT2D eigenvalue weighted by molar-refractivity contribution is 0.0972. The number of ketones is 1. The van der Waals surface area contributed by atoms with Gasteiger partial charge in [0.1, 0.15) is 0 Å². The minimum absolute atomic E-state index is 0.130. The zero-order valence-corrected chi connectivity index (χ0v) is 8.84. The van der Waals surface area contributed by atoms with Crippen LogP contribution >= 0.6 is 11.8 Å². The summed E-state index contributed by atoms with van der Waals surface area (Å²) >= 11 is 1.96. The fourth-order valence-corrected chi connectivity index (χ4v) is 2.77. The Morgan fingerprint density at radius 1 is 1.71 bits per heavy atom. The molecule has 1 aromatic heterocycles. The summed E-state index contributed by atoms with van der Waals surface area (Å²) in [4.78, 5) is 14.9. The first-order valence-electron chi connectivity index (χ1n) is 4.67. The van der Waals surface area contributed by atoms with Gasteiger partial charge < -0.3 is 4.52 Å². The predicted molar refractivity (Wildman–Crippen MR) is 53.4 cm³/mol. The molecule has 14 heavy (non-hydrogen) atoms. The molecule has 0 radical (unpaired) electrons. The standard InChI is InChI=1S/C9H12N2O2S/c1-6(12)9-10-8(11-13-9)4-7-2-3-14-5-7/h7H,2-5H2,1H3. The molecular weight excluding hydrogens is 200 g/mol. The minimum atomic E-state index is -0.162.